The molecule has 2 aliphatic heterocycles. The summed E-state index contributed by atoms with van der Waals surface area (Å²) >= 11 is 0. The Labute approximate surface area is 119 Å². The number of hydrogen-bond donors (Lipinski definition) is 2. The van der Waals surface area contributed by atoms with Gasteiger partial charge in [0.1, 0.15) is 0 Å². The van der Waals surface area contributed by atoms with Crippen molar-refractivity contribution in [1.82, 2.24) is 24.4 Å². The number of imidazole rings is 1. The van der Waals surface area contributed by atoms with E-state index >= 15 is 0 Å². The maximum atomic E-state index is 11.8. The quantitative estimate of drug-likeness (QED) is 0.746. The molecule has 4 rings (SSSR count). The fourth-order valence-corrected chi connectivity index (χ4v) is 3.66. The van der Waals surface area contributed by atoms with Gasteiger partial charge in [0.2, 0.25) is 0 Å². The van der Waals surface area contributed by atoms with Crippen LogP contribution in [0.5, 0.6) is 0 Å². The summed E-state index contributed by atoms with van der Waals surface area (Å²) in [7, 11) is 0. The summed E-state index contributed by atoms with van der Waals surface area (Å²) in [5, 5.41) is 12.7. The van der Waals surface area contributed by atoms with Crippen molar-refractivity contribution in [3.05, 3.63) is 27.2 Å². The Balaban J connectivity index is 1.92. The van der Waals surface area contributed by atoms with E-state index in [0.29, 0.717) is 17.7 Å². The number of piperidine rings is 1. The number of nitrogens with zero attached hydrogens (tertiary/aromatic N) is 4. The molecular formula is C13H14N6O2. The standard InChI is InChI=1S/C13H14N6O2/c14-5-18-12-10(11(20)17-13(18)21)15-6-19(12)9-3-7-1-2-8(4-9)16-7/h6-9,16H,1-4H2,(H,17,20,21). The second kappa shape index (κ2) is 4.30. The molecule has 0 radical (unpaired) electrons. The second-order valence-electron chi connectivity index (χ2n) is 5.78. The number of H-pyrrole nitrogens is 1. The topological polar surface area (TPSA) is 108 Å². The maximum Gasteiger partial charge on any atom is 0.343 e. The lowest BCUT2D eigenvalue weighted by Gasteiger charge is -2.30. The highest BCUT2D eigenvalue weighted by atomic mass is 16.2. The van der Waals surface area contributed by atoms with Gasteiger partial charge in [0, 0.05) is 18.1 Å². The van der Waals surface area contributed by atoms with E-state index in [1.165, 1.54) is 0 Å². The maximum absolute atomic E-state index is 11.8. The number of aromatic nitrogens is 4. The van der Waals surface area contributed by atoms with Crippen molar-refractivity contribution in [3.63, 3.8) is 0 Å². The van der Waals surface area contributed by atoms with Crippen molar-refractivity contribution in [3.8, 4) is 6.19 Å². The lowest BCUT2D eigenvalue weighted by atomic mass is 10.00. The SMILES string of the molecule is N#Cn1c(=O)[nH]c(=O)c2ncn(C3CC4CCC(C3)N4)c21. The highest BCUT2D eigenvalue weighted by Gasteiger charge is 2.35. The second-order valence-corrected chi connectivity index (χ2v) is 5.78. The van der Waals surface area contributed by atoms with Crippen molar-refractivity contribution in [2.75, 3.05) is 0 Å². The van der Waals surface area contributed by atoms with Gasteiger partial charge in [-0.05, 0) is 25.7 Å². The van der Waals surface area contributed by atoms with E-state index in [-0.39, 0.29) is 11.6 Å². The number of nitrogens with one attached hydrogen (secondary N) is 2. The highest BCUT2D eigenvalue weighted by Crippen LogP contribution is 2.34. The molecule has 21 heavy (non-hydrogen) atoms. The van der Waals surface area contributed by atoms with E-state index in [1.54, 1.807) is 6.33 Å². The molecule has 0 amide bonds. The average molecular weight is 286 g/mol. The first-order chi connectivity index (χ1) is 10.2. The van der Waals surface area contributed by atoms with Crippen molar-refractivity contribution in [2.24, 2.45) is 0 Å². The van der Waals surface area contributed by atoms with Gasteiger partial charge in [-0.25, -0.2) is 9.78 Å². The third-order valence-corrected chi connectivity index (χ3v) is 4.56. The van der Waals surface area contributed by atoms with Crippen LogP contribution >= 0.6 is 0 Å². The fourth-order valence-electron chi connectivity index (χ4n) is 3.66. The van der Waals surface area contributed by atoms with Crippen LogP contribution in [0, 0.1) is 11.5 Å². The number of hydrogen-bond acceptors (Lipinski definition) is 5. The van der Waals surface area contributed by atoms with E-state index in [9.17, 15) is 14.9 Å². The van der Waals surface area contributed by atoms with Gasteiger partial charge < -0.3 is 9.88 Å². The van der Waals surface area contributed by atoms with Gasteiger partial charge in [0.15, 0.2) is 17.4 Å². The molecule has 2 aromatic heterocycles. The Bertz CT molecular complexity index is 857. The van der Waals surface area contributed by atoms with Crippen molar-refractivity contribution in [1.29, 1.82) is 5.26 Å². The van der Waals surface area contributed by atoms with Crippen LogP contribution in [0.3, 0.4) is 0 Å². The molecule has 2 atom stereocenters. The van der Waals surface area contributed by atoms with Crippen LogP contribution in [0.4, 0.5) is 0 Å². The Morgan fingerprint density at radius 2 is 2.00 bits per heavy atom. The molecule has 0 saturated carbocycles. The number of aromatic amines is 1. The molecule has 2 aromatic rings. The van der Waals surface area contributed by atoms with Crippen LogP contribution in [0.15, 0.2) is 15.9 Å². The normalized spacial score (nSPS) is 27.9. The zero-order valence-corrected chi connectivity index (χ0v) is 11.2. The fraction of sp³-hybridized carbons (Fsp3) is 0.538. The summed E-state index contributed by atoms with van der Waals surface area (Å²) in [6, 6.07) is 1.10. The van der Waals surface area contributed by atoms with Crippen molar-refractivity contribution >= 4 is 11.2 Å². The first kappa shape index (κ1) is 12.3. The van der Waals surface area contributed by atoms with Gasteiger partial charge >= 0.3 is 5.69 Å². The summed E-state index contributed by atoms with van der Waals surface area (Å²) in [6.07, 6.45) is 7.55. The third kappa shape index (κ3) is 1.74. The first-order valence-electron chi connectivity index (χ1n) is 7.05. The molecule has 2 fully saturated rings. The lowest BCUT2D eigenvalue weighted by molar-refractivity contribution is 0.302. The Morgan fingerprint density at radius 1 is 1.29 bits per heavy atom. The lowest BCUT2D eigenvalue weighted by Crippen LogP contribution is -2.39. The molecule has 0 aromatic carbocycles. The molecule has 2 N–H and O–H groups in total. The summed E-state index contributed by atoms with van der Waals surface area (Å²) in [6.45, 7) is 0. The van der Waals surface area contributed by atoms with Crippen molar-refractivity contribution in [2.45, 2.75) is 43.8 Å². The minimum absolute atomic E-state index is 0.141. The highest BCUT2D eigenvalue weighted by molar-refractivity contribution is 5.70. The summed E-state index contributed by atoms with van der Waals surface area (Å²) in [4.78, 5) is 29.9. The van der Waals surface area contributed by atoms with Gasteiger partial charge in [0.25, 0.3) is 5.56 Å². The third-order valence-electron chi connectivity index (χ3n) is 4.56. The van der Waals surface area contributed by atoms with E-state index < -0.39 is 11.2 Å². The van der Waals surface area contributed by atoms with E-state index in [1.807, 2.05) is 10.8 Å². The summed E-state index contributed by atoms with van der Waals surface area (Å²) < 4.78 is 2.73. The van der Waals surface area contributed by atoms with E-state index in [0.717, 1.165) is 30.3 Å². The van der Waals surface area contributed by atoms with Gasteiger partial charge in [-0.3, -0.25) is 9.78 Å². The van der Waals surface area contributed by atoms with Crippen molar-refractivity contribution < 1.29 is 0 Å². The van der Waals surface area contributed by atoms with Gasteiger partial charge in [-0.15, -0.1) is 0 Å². The molecular weight excluding hydrogens is 272 g/mol. The zero-order chi connectivity index (χ0) is 14.6. The largest absolute Gasteiger partial charge is 0.343 e. The monoisotopic (exact) mass is 286 g/mol. The van der Waals surface area contributed by atoms with E-state index in [2.05, 4.69) is 15.3 Å². The van der Waals surface area contributed by atoms with Crippen LogP contribution in [0.25, 0.3) is 11.2 Å². The molecule has 2 aliphatic rings. The molecule has 2 saturated heterocycles. The predicted molar refractivity (Wildman–Crippen MR) is 73.8 cm³/mol. The van der Waals surface area contributed by atoms with Gasteiger partial charge in [-0.1, -0.05) is 0 Å². The molecule has 8 heteroatoms. The molecule has 2 bridgehead atoms. The number of fused-ring (bicyclic) bond motifs is 3. The van der Waals surface area contributed by atoms with E-state index in [4.69, 9.17) is 0 Å². The molecule has 2 unspecified atom stereocenters. The predicted octanol–water partition coefficient (Wildman–Crippen LogP) is -0.329. The minimum Gasteiger partial charge on any atom is -0.312 e. The summed E-state index contributed by atoms with van der Waals surface area (Å²) in [5.74, 6) is 0. The number of rotatable bonds is 1. The summed E-state index contributed by atoms with van der Waals surface area (Å²) in [5.41, 5.74) is -0.814. The Kier molecular flexibility index (Phi) is 2.53. The smallest absolute Gasteiger partial charge is 0.312 e. The minimum atomic E-state index is -0.714. The van der Waals surface area contributed by atoms with Crippen LogP contribution in [0.2, 0.25) is 0 Å². The first-order valence-corrected chi connectivity index (χ1v) is 7.05. The molecule has 0 spiro atoms. The van der Waals surface area contributed by atoms with Crippen LogP contribution in [0.1, 0.15) is 31.7 Å². The Hall–Kier alpha value is -2.40. The van der Waals surface area contributed by atoms with Crippen LogP contribution in [-0.4, -0.2) is 31.2 Å². The average Bonchev–Trinajstić information content (AvgIpc) is 3.03. The van der Waals surface area contributed by atoms with Gasteiger partial charge in [0.05, 0.1) is 6.33 Å². The molecule has 108 valence electrons. The zero-order valence-electron chi connectivity index (χ0n) is 11.2. The molecule has 4 heterocycles. The number of nitriles is 1. The van der Waals surface area contributed by atoms with Crippen LogP contribution < -0.4 is 16.6 Å². The molecule has 8 nitrogen and oxygen atoms in total. The van der Waals surface area contributed by atoms with Crippen LogP contribution in [-0.2, 0) is 0 Å². The Morgan fingerprint density at radius 3 is 2.67 bits per heavy atom. The molecule has 0 aliphatic carbocycles. The van der Waals surface area contributed by atoms with Gasteiger partial charge in [-0.2, -0.15) is 9.83 Å².